The molecule has 0 spiro atoms. The second-order valence-corrected chi connectivity index (χ2v) is 7.82. The van der Waals surface area contributed by atoms with Gasteiger partial charge in [-0.05, 0) is 59.2 Å². The summed E-state index contributed by atoms with van der Waals surface area (Å²) in [6.07, 6.45) is 0.0525. The van der Waals surface area contributed by atoms with Gasteiger partial charge in [0.25, 0.3) is 0 Å². The minimum absolute atomic E-state index is 0.0525. The van der Waals surface area contributed by atoms with Crippen molar-refractivity contribution >= 4 is 15.9 Å². The van der Waals surface area contributed by atoms with Crippen LogP contribution in [0, 0.1) is 0 Å². The van der Waals surface area contributed by atoms with Gasteiger partial charge in [-0.25, -0.2) is 0 Å². The van der Waals surface area contributed by atoms with E-state index in [-0.39, 0.29) is 17.2 Å². The Morgan fingerprint density at radius 2 is 1.79 bits per heavy atom. The largest absolute Gasteiger partial charge is 0.367 e. The molecule has 0 amide bonds. The van der Waals surface area contributed by atoms with Gasteiger partial charge < -0.3 is 10.1 Å². The Labute approximate surface area is 126 Å². The summed E-state index contributed by atoms with van der Waals surface area (Å²) >= 11 is 3.52. The van der Waals surface area contributed by atoms with Crippen LogP contribution >= 0.6 is 15.9 Å². The molecule has 0 saturated heterocycles. The van der Waals surface area contributed by atoms with Gasteiger partial charge in [0.2, 0.25) is 0 Å². The third kappa shape index (κ3) is 7.09. The van der Waals surface area contributed by atoms with Crippen LogP contribution in [-0.4, -0.2) is 17.7 Å². The number of hydrogen-bond acceptors (Lipinski definition) is 2. The first-order chi connectivity index (χ1) is 8.57. The highest BCUT2D eigenvalue weighted by atomic mass is 79.9. The number of halogens is 1. The molecule has 19 heavy (non-hydrogen) atoms. The molecule has 3 heteroatoms. The SMILES string of the molecule is CC(C)(C)NCC(OC(C)(C)C)c1cccc(Br)c1. The molecule has 0 aromatic heterocycles. The second-order valence-electron chi connectivity index (χ2n) is 6.90. The molecule has 2 nitrogen and oxygen atoms in total. The molecule has 1 N–H and O–H groups in total. The molecule has 1 aromatic rings. The molecule has 0 radical (unpaired) electrons. The van der Waals surface area contributed by atoms with Gasteiger partial charge in [-0.1, -0.05) is 28.1 Å². The van der Waals surface area contributed by atoms with Gasteiger partial charge in [-0.2, -0.15) is 0 Å². The van der Waals surface area contributed by atoms with Crippen LogP contribution in [0.2, 0.25) is 0 Å². The summed E-state index contributed by atoms with van der Waals surface area (Å²) in [5, 5.41) is 3.52. The summed E-state index contributed by atoms with van der Waals surface area (Å²) < 4.78 is 7.28. The number of benzene rings is 1. The maximum Gasteiger partial charge on any atom is 0.0956 e. The smallest absolute Gasteiger partial charge is 0.0956 e. The van der Waals surface area contributed by atoms with Crippen LogP contribution in [0.3, 0.4) is 0 Å². The van der Waals surface area contributed by atoms with E-state index in [1.807, 2.05) is 6.07 Å². The first-order valence-electron chi connectivity index (χ1n) is 6.75. The Morgan fingerprint density at radius 1 is 1.16 bits per heavy atom. The Kier molecular flexibility index (Phi) is 5.60. The van der Waals surface area contributed by atoms with Gasteiger partial charge in [-0.15, -0.1) is 0 Å². The maximum absolute atomic E-state index is 6.19. The van der Waals surface area contributed by atoms with Crippen molar-refractivity contribution < 1.29 is 4.74 Å². The molecule has 1 aromatic carbocycles. The number of rotatable bonds is 4. The number of ether oxygens (including phenoxy) is 1. The van der Waals surface area contributed by atoms with Crippen LogP contribution in [-0.2, 0) is 4.74 Å². The molecule has 0 heterocycles. The van der Waals surface area contributed by atoms with Gasteiger partial charge in [-0.3, -0.25) is 0 Å². The van der Waals surface area contributed by atoms with Crippen LogP contribution in [0.4, 0.5) is 0 Å². The highest BCUT2D eigenvalue weighted by Gasteiger charge is 2.22. The molecule has 0 aliphatic carbocycles. The third-order valence-corrected chi connectivity index (χ3v) is 3.03. The maximum atomic E-state index is 6.19. The standard InChI is InChI=1S/C16H26BrNO/c1-15(2,3)18-11-14(19-16(4,5)6)12-8-7-9-13(17)10-12/h7-10,14,18H,11H2,1-6H3. The van der Waals surface area contributed by atoms with Gasteiger partial charge in [0.15, 0.2) is 0 Å². The van der Waals surface area contributed by atoms with E-state index in [1.165, 1.54) is 5.56 Å². The van der Waals surface area contributed by atoms with E-state index in [4.69, 9.17) is 4.74 Å². The first kappa shape index (κ1) is 16.7. The van der Waals surface area contributed by atoms with Crippen molar-refractivity contribution in [3.63, 3.8) is 0 Å². The minimum Gasteiger partial charge on any atom is -0.367 e. The topological polar surface area (TPSA) is 21.3 Å². The molecular weight excluding hydrogens is 302 g/mol. The van der Waals surface area contributed by atoms with E-state index < -0.39 is 0 Å². The van der Waals surface area contributed by atoms with Gasteiger partial charge in [0, 0.05) is 16.6 Å². The predicted molar refractivity (Wildman–Crippen MR) is 85.5 cm³/mol. The van der Waals surface area contributed by atoms with Crippen LogP contribution in [0.1, 0.15) is 53.2 Å². The summed E-state index contributed by atoms with van der Waals surface area (Å²) in [7, 11) is 0. The lowest BCUT2D eigenvalue weighted by molar-refractivity contribution is -0.0625. The van der Waals surface area contributed by atoms with Crippen LogP contribution in [0.5, 0.6) is 0 Å². The van der Waals surface area contributed by atoms with Gasteiger partial charge in [0.1, 0.15) is 0 Å². The fourth-order valence-corrected chi connectivity index (χ4v) is 2.18. The lowest BCUT2D eigenvalue weighted by Crippen LogP contribution is -2.40. The minimum atomic E-state index is -0.160. The molecule has 1 unspecified atom stereocenters. The summed E-state index contributed by atoms with van der Waals surface area (Å²) in [5.74, 6) is 0. The zero-order valence-corrected chi connectivity index (χ0v) is 14.5. The highest BCUT2D eigenvalue weighted by Crippen LogP contribution is 2.26. The van der Waals surface area contributed by atoms with Crippen molar-refractivity contribution in [2.24, 2.45) is 0 Å². The number of nitrogens with one attached hydrogen (secondary N) is 1. The van der Waals surface area contributed by atoms with Gasteiger partial charge >= 0.3 is 0 Å². The van der Waals surface area contributed by atoms with E-state index in [1.54, 1.807) is 0 Å². The molecule has 108 valence electrons. The summed E-state index contributed by atoms with van der Waals surface area (Å²) in [6.45, 7) is 13.6. The number of hydrogen-bond donors (Lipinski definition) is 1. The van der Waals surface area contributed by atoms with Gasteiger partial charge in [0.05, 0.1) is 11.7 Å². The summed E-state index contributed by atoms with van der Waals surface area (Å²) in [5.41, 5.74) is 1.12. The molecule has 0 aliphatic rings. The van der Waals surface area contributed by atoms with E-state index >= 15 is 0 Å². The Morgan fingerprint density at radius 3 is 2.26 bits per heavy atom. The van der Waals surface area contributed by atoms with Crippen LogP contribution < -0.4 is 5.32 Å². The zero-order chi connectivity index (χ0) is 14.7. The van der Waals surface area contributed by atoms with E-state index in [0.717, 1.165) is 11.0 Å². The van der Waals surface area contributed by atoms with Crippen molar-refractivity contribution in [2.75, 3.05) is 6.54 Å². The highest BCUT2D eigenvalue weighted by molar-refractivity contribution is 9.10. The quantitative estimate of drug-likeness (QED) is 0.865. The zero-order valence-electron chi connectivity index (χ0n) is 12.9. The average molecular weight is 328 g/mol. The monoisotopic (exact) mass is 327 g/mol. The van der Waals surface area contributed by atoms with Crippen molar-refractivity contribution in [3.05, 3.63) is 34.3 Å². The normalized spacial score (nSPS) is 14.5. The lowest BCUT2D eigenvalue weighted by Gasteiger charge is -2.31. The molecular formula is C16H26BrNO. The van der Waals surface area contributed by atoms with Crippen LogP contribution in [0.25, 0.3) is 0 Å². The first-order valence-corrected chi connectivity index (χ1v) is 7.54. The average Bonchev–Trinajstić information content (AvgIpc) is 2.21. The Balaban J connectivity index is 2.86. The third-order valence-electron chi connectivity index (χ3n) is 2.53. The predicted octanol–water partition coefficient (Wildman–Crippen LogP) is 4.69. The Hall–Kier alpha value is -0.380. The Bertz CT molecular complexity index is 404. The molecule has 0 bridgehead atoms. The van der Waals surface area contributed by atoms with E-state index in [2.05, 4.69) is 81.0 Å². The molecule has 0 fully saturated rings. The van der Waals surface area contributed by atoms with Crippen molar-refractivity contribution in [1.29, 1.82) is 0 Å². The van der Waals surface area contributed by atoms with E-state index in [9.17, 15) is 0 Å². The van der Waals surface area contributed by atoms with Crippen molar-refractivity contribution in [1.82, 2.24) is 5.32 Å². The summed E-state index contributed by atoms with van der Waals surface area (Å²) in [4.78, 5) is 0. The van der Waals surface area contributed by atoms with E-state index in [0.29, 0.717) is 0 Å². The molecule has 0 saturated carbocycles. The fourth-order valence-electron chi connectivity index (χ4n) is 1.76. The second kappa shape index (κ2) is 6.38. The van der Waals surface area contributed by atoms with Crippen molar-refractivity contribution in [3.8, 4) is 0 Å². The molecule has 0 aliphatic heterocycles. The lowest BCUT2D eigenvalue weighted by atomic mass is 10.0. The van der Waals surface area contributed by atoms with Crippen molar-refractivity contribution in [2.45, 2.75) is 58.8 Å². The fraction of sp³-hybridized carbons (Fsp3) is 0.625. The molecule has 1 rings (SSSR count). The molecule has 1 atom stereocenters. The summed E-state index contributed by atoms with van der Waals surface area (Å²) in [6, 6.07) is 8.33. The van der Waals surface area contributed by atoms with Crippen LogP contribution in [0.15, 0.2) is 28.7 Å².